The lowest BCUT2D eigenvalue weighted by molar-refractivity contribution is 0.0758. The molecule has 1 aromatic carbocycles. The second kappa shape index (κ2) is 7.96. The van der Waals surface area contributed by atoms with Crippen molar-refractivity contribution in [3.05, 3.63) is 59.2 Å². The molecule has 5 heteroatoms. The van der Waals surface area contributed by atoms with Crippen molar-refractivity contribution in [3.8, 4) is 0 Å². The Morgan fingerprint density at radius 3 is 2.66 bits per heavy atom. The lowest BCUT2D eigenvalue weighted by atomic mass is 9.90. The van der Waals surface area contributed by atoms with Crippen molar-refractivity contribution < 1.29 is 9.53 Å². The number of carbonyl (C=O) groups is 1. The Kier molecular flexibility index (Phi) is 5.18. The highest BCUT2D eigenvalue weighted by atomic mass is 16.6. The number of hydrogen-bond donors (Lipinski definition) is 0. The summed E-state index contributed by atoms with van der Waals surface area (Å²) < 4.78 is 5.68. The van der Waals surface area contributed by atoms with Gasteiger partial charge in [0.2, 0.25) is 0 Å². The Labute approximate surface area is 173 Å². The van der Waals surface area contributed by atoms with Crippen LogP contribution in [0.4, 0.5) is 4.79 Å². The molecule has 5 rings (SSSR count). The molecule has 0 aromatic heterocycles. The topological polar surface area (TPSA) is 36.0 Å². The number of likely N-dealkylation sites (N-methyl/N-ethyl adjacent to an activating group) is 1. The van der Waals surface area contributed by atoms with Gasteiger partial charge >= 0.3 is 6.09 Å². The molecule has 0 N–H and O–H groups in total. The molecule has 1 saturated carbocycles. The van der Waals surface area contributed by atoms with Crippen molar-refractivity contribution in [2.24, 2.45) is 5.92 Å². The minimum absolute atomic E-state index is 0.166. The van der Waals surface area contributed by atoms with Crippen LogP contribution in [0.15, 0.2) is 53.6 Å². The predicted molar refractivity (Wildman–Crippen MR) is 113 cm³/mol. The van der Waals surface area contributed by atoms with Crippen molar-refractivity contribution in [1.29, 1.82) is 0 Å². The van der Waals surface area contributed by atoms with Crippen LogP contribution in [-0.2, 0) is 11.3 Å². The Balaban J connectivity index is 1.29. The molecule has 1 amide bonds. The van der Waals surface area contributed by atoms with Crippen molar-refractivity contribution in [2.75, 3.05) is 39.8 Å². The minimum atomic E-state index is -0.166. The van der Waals surface area contributed by atoms with E-state index in [4.69, 9.17) is 4.74 Å². The number of nitrogens with zero attached hydrogens (tertiary/aromatic N) is 3. The van der Waals surface area contributed by atoms with E-state index < -0.39 is 0 Å². The van der Waals surface area contributed by atoms with Gasteiger partial charge in [0.05, 0.1) is 6.04 Å². The number of likely N-dealkylation sites (tertiary alicyclic amines) is 1. The average molecular weight is 394 g/mol. The third-order valence-corrected chi connectivity index (χ3v) is 7.13. The number of amides is 1. The maximum absolute atomic E-state index is 12.9. The molecule has 5 nitrogen and oxygen atoms in total. The van der Waals surface area contributed by atoms with Crippen LogP contribution < -0.4 is 0 Å². The van der Waals surface area contributed by atoms with Gasteiger partial charge in [-0.2, -0.15) is 0 Å². The van der Waals surface area contributed by atoms with Gasteiger partial charge in [0, 0.05) is 38.8 Å². The number of fused-ring (bicyclic) bond motifs is 5. The molecule has 2 bridgehead atoms. The van der Waals surface area contributed by atoms with Crippen LogP contribution in [-0.4, -0.2) is 72.6 Å². The van der Waals surface area contributed by atoms with E-state index in [2.05, 4.69) is 29.0 Å². The summed E-state index contributed by atoms with van der Waals surface area (Å²) in [4.78, 5) is 19.9. The molecule has 4 aliphatic rings. The summed E-state index contributed by atoms with van der Waals surface area (Å²) in [5, 5.41) is 0. The van der Waals surface area contributed by atoms with Gasteiger partial charge in [-0.3, -0.25) is 4.90 Å². The molecule has 3 atom stereocenters. The number of rotatable bonds is 3. The molecular formula is C24H31N3O2. The van der Waals surface area contributed by atoms with Gasteiger partial charge in [-0.05, 0) is 48.9 Å². The zero-order valence-corrected chi connectivity index (χ0v) is 17.3. The highest BCUT2D eigenvalue weighted by molar-refractivity contribution is 5.70. The first kappa shape index (κ1) is 18.9. The number of carbonyl (C=O) groups excluding carboxylic acids is 1. The highest BCUT2D eigenvalue weighted by Gasteiger charge is 2.45. The molecule has 154 valence electrons. The Morgan fingerprint density at radius 2 is 1.86 bits per heavy atom. The number of benzene rings is 1. The van der Waals surface area contributed by atoms with Gasteiger partial charge in [-0.1, -0.05) is 42.5 Å². The second-order valence-electron chi connectivity index (χ2n) is 8.89. The quantitative estimate of drug-likeness (QED) is 0.790. The predicted octanol–water partition coefficient (Wildman–Crippen LogP) is 3.29. The van der Waals surface area contributed by atoms with Crippen LogP contribution in [0.1, 0.15) is 24.8 Å². The fourth-order valence-electron chi connectivity index (χ4n) is 5.41. The van der Waals surface area contributed by atoms with E-state index in [1.165, 1.54) is 11.1 Å². The average Bonchev–Trinajstić information content (AvgIpc) is 3.05. The Bertz CT molecular complexity index is 811. The lowest BCUT2D eigenvalue weighted by Gasteiger charge is -2.38. The monoisotopic (exact) mass is 393 g/mol. The molecule has 0 spiro atoms. The number of piperidine rings is 1. The number of piperazine rings is 1. The van der Waals surface area contributed by atoms with Crippen LogP contribution in [0.2, 0.25) is 0 Å². The van der Waals surface area contributed by atoms with Gasteiger partial charge in [0.15, 0.2) is 0 Å². The smallest absolute Gasteiger partial charge is 0.410 e. The van der Waals surface area contributed by atoms with E-state index in [9.17, 15) is 4.79 Å². The summed E-state index contributed by atoms with van der Waals surface area (Å²) in [6, 6.07) is 10.6. The summed E-state index contributed by atoms with van der Waals surface area (Å²) in [6.07, 6.45) is 8.02. The Hall–Kier alpha value is -2.11. The van der Waals surface area contributed by atoms with Crippen molar-refractivity contribution in [3.63, 3.8) is 0 Å². The van der Waals surface area contributed by atoms with Crippen molar-refractivity contribution in [1.82, 2.24) is 14.7 Å². The van der Waals surface area contributed by atoms with Crippen molar-refractivity contribution >= 4 is 6.09 Å². The van der Waals surface area contributed by atoms with Crippen LogP contribution in [0.25, 0.3) is 0 Å². The third-order valence-electron chi connectivity index (χ3n) is 7.13. The maximum Gasteiger partial charge on any atom is 0.410 e. The van der Waals surface area contributed by atoms with Crippen LogP contribution in [0.5, 0.6) is 0 Å². The summed E-state index contributed by atoms with van der Waals surface area (Å²) in [5.41, 5.74) is 3.95. The van der Waals surface area contributed by atoms with E-state index in [1.54, 1.807) is 0 Å². The van der Waals surface area contributed by atoms with Crippen LogP contribution in [0, 0.1) is 5.92 Å². The first-order chi connectivity index (χ1) is 14.2. The van der Waals surface area contributed by atoms with E-state index in [0.29, 0.717) is 18.6 Å². The summed E-state index contributed by atoms with van der Waals surface area (Å²) in [6.45, 7) is 5.69. The van der Waals surface area contributed by atoms with E-state index in [0.717, 1.165) is 57.5 Å². The second-order valence-corrected chi connectivity index (χ2v) is 8.89. The molecule has 2 saturated heterocycles. The molecule has 1 aromatic rings. The zero-order chi connectivity index (χ0) is 19.8. The molecule has 29 heavy (non-hydrogen) atoms. The van der Waals surface area contributed by atoms with E-state index in [1.807, 2.05) is 35.2 Å². The number of ether oxygens (including phenoxy) is 1. The van der Waals surface area contributed by atoms with Gasteiger partial charge in [-0.15, -0.1) is 0 Å². The molecule has 0 radical (unpaired) electrons. The summed E-state index contributed by atoms with van der Waals surface area (Å²) >= 11 is 0. The first-order valence-electron chi connectivity index (χ1n) is 11.0. The third kappa shape index (κ3) is 3.74. The minimum Gasteiger partial charge on any atom is -0.445 e. The van der Waals surface area contributed by atoms with E-state index in [-0.39, 0.29) is 12.1 Å². The fourth-order valence-corrected chi connectivity index (χ4v) is 5.41. The SMILES string of the molecule is CN1CCN(C2C=C3C(=CC2)C2CCN(C(=O)OCc4ccccc4)[C@H]3C2)CC1. The number of hydrogen-bond acceptors (Lipinski definition) is 4. The fraction of sp³-hybridized carbons (Fsp3) is 0.542. The molecule has 2 unspecified atom stereocenters. The van der Waals surface area contributed by atoms with Crippen molar-refractivity contribution in [2.45, 2.75) is 38.0 Å². The van der Waals surface area contributed by atoms with Gasteiger partial charge < -0.3 is 14.5 Å². The summed E-state index contributed by atoms with van der Waals surface area (Å²) in [7, 11) is 2.20. The van der Waals surface area contributed by atoms with Gasteiger partial charge in [0.1, 0.15) is 6.61 Å². The first-order valence-corrected chi connectivity index (χ1v) is 11.0. The zero-order valence-electron chi connectivity index (χ0n) is 17.3. The van der Waals surface area contributed by atoms with Crippen LogP contribution in [0.3, 0.4) is 0 Å². The standard InChI is InChI=1S/C24H31N3O2/c1-25-11-13-26(14-12-25)20-7-8-21-19-9-10-27(23(15-19)22(21)16-20)24(28)29-17-18-5-3-2-4-6-18/h2-6,8,16,19-20,23H,7,9-15,17H2,1H3/t19?,20?,23-/m0/s1. The molecule has 2 heterocycles. The molecular weight excluding hydrogens is 362 g/mol. The van der Waals surface area contributed by atoms with E-state index >= 15 is 0 Å². The lowest BCUT2D eigenvalue weighted by Crippen LogP contribution is -2.49. The maximum atomic E-state index is 12.9. The molecule has 2 aliphatic carbocycles. The van der Waals surface area contributed by atoms with Crippen LogP contribution >= 0.6 is 0 Å². The normalized spacial score (nSPS) is 29.8. The Morgan fingerprint density at radius 1 is 1.07 bits per heavy atom. The highest BCUT2D eigenvalue weighted by Crippen LogP contribution is 2.47. The molecule has 3 fully saturated rings. The molecule has 2 aliphatic heterocycles. The largest absolute Gasteiger partial charge is 0.445 e. The van der Waals surface area contributed by atoms with Gasteiger partial charge in [0.25, 0.3) is 0 Å². The summed E-state index contributed by atoms with van der Waals surface area (Å²) in [5.74, 6) is 0.623. The van der Waals surface area contributed by atoms with Gasteiger partial charge in [-0.25, -0.2) is 4.79 Å².